The number of nitrogens with one attached hydrogen (secondary N) is 1. The first kappa shape index (κ1) is 18.2. The van der Waals surface area contributed by atoms with Crippen LogP contribution in [0.25, 0.3) is 0 Å². The minimum atomic E-state index is -1.17. The summed E-state index contributed by atoms with van der Waals surface area (Å²) in [7, 11) is -1.17. The van der Waals surface area contributed by atoms with Crippen LogP contribution >= 0.6 is 11.6 Å². The van der Waals surface area contributed by atoms with E-state index >= 15 is 0 Å². The minimum absolute atomic E-state index is 0.237. The Bertz CT molecular complexity index is 522. The summed E-state index contributed by atoms with van der Waals surface area (Å²) in [5.74, 6) is 6.37. The van der Waals surface area contributed by atoms with Gasteiger partial charge in [0.05, 0.1) is 15.7 Å². The maximum atomic E-state index is 12.3. The second-order valence-electron chi connectivity index (χ2n) is 5.91. The number of unbranched alkanes of at least 4 members (excludes halogenated alkanes) is 2. The molecule has 2 atom stereocenters. The van der Waals surface area contributed by atoms with Crippen molar-refractivity contribution in [3.8, 4) is 11.8 Å². The van der Waals surface area contributed by atoms with E-state index in [-0.39, 0.29) is 10.8 Å². The van der Waals surface area contributed by atoms with E-state index in [0.717, 1.165) is 24.8 Å². The molecular weight excluding hydrogens is 302 g/mol. The van der Waals surface area contributed by atoms with Crippen LogP contribution in [0.5, 0.6) is 0 Å². The molecule has 0 unspecified atom stereocenters. The summed E-state index contributed by atoms with van der Waals surface area (Å²) >= 11 is 5.92. The Morgan fingerprint density at radius 2 is 1.90 bits per heavy atom. The highest BCUT2D eigenvalue weighted by atomic mass is 35.5. The average molecular weight is 326 g/mol. The lowest BCUT2D eigenvalue weighted by atomic mass is 10.1. The van der Waals surface area contributed by atoms with E-state index in [9.17, 15) is 4.21 Å². The zero-order valence-electron chi connectivity index (χ0n) is 13.2. The largest absolute Gasteiger partial charge is 0.242 e. The molecule has 0 aliphatic heterocycles. The van der Waals surface area contributed by atoms with Crippen LogP contribution in [-0.2, 0) is 11.0 Å². The molecule has 0 saturated carbocycles. The Morgan fingerprint density at radius 1 is 1.29 bits per heavy atom. The van der Waals surface area contributed by atoms with E-state index in [4.69, 9.17) is 11.6 Å². The van der Waals surface area contributed by atoms with Crippen molar-refractivity contribution in [2.75, 3.05) is 0 Å². The summed E-state index contributed by atoms with van der Waals surface area (Å²) in [6, 6.07) is 7.28. The van der Waals surface area contributed by atoms with Crippen molar-refractivity contribution in [2.45, 2.75) is 57.7 Å². The van der Waals surface area contributed by atoms with Gasteiger partial charge in [-0.15, -0.1) is 5.92 Å². The number of hydrogen-bond acceptors (Lipinski definition) is 1. The topological polar surface area (TPSA) is 29.1 Å². The number of halogens is 1. The van der Waals surface area contributed by atoms with Gasteiger partial charge in [0.2, 0.25) is 0 Å². The fraction of sp³-hybridized carbons (Fsp3) is 0.529. The van der Waals surface area contributed by atoms with Crippen molar-refractivity contribution in [3.05, 3.63) is 34.9 Å². The summed E-state index contributed by atoms with van der Waals surface area (Å²) in [4.78, 5) is 0. The van der Waals surface area contributed by atoms with Crippen LogP contribution in [0.4, 0.5) is 0 Å². The summed E-state index contributed by atoms with van der Waals surface area (Å²) in [5, 5.41) is 0.688. The third-order valence-electron chi connectivity index (χ3n) is 2.89. The van der Waals surface area contributed by atoms with Crippen molar-refractivity contribution >= 4 is 22.6 Å². The van der Waals surface area contributed by atoms with Crippen LogP contribution in [0.15, 0.2) is 24.3 Å². The molecule has 1 N–H and O–H groups in total. The molecule has 1 aromatic carbocycles. The Morgan fingerprint density at radius 3 is 2.43 bits per heavy atom. The maximum absolute atomic E-state index is 12.3. The van der Waals surface area contributed by atoms with Gasteiger partial charge in [0.25, 0.3) is 0 Å². The molecule has 1 aromatic rings. The van der Waals surface area contributed by atoms with Crippen LogP contribution in [0.3, 0.4) is 0 Å². The smallest absolute Gasteiger partial charge is 0.106 e. The SMILES string of the molecule is CCCCC#C[C@H](N[S@](=O)C(C)(C)C)c1ccc(Cl)cc1. The van der Waals surface area contributed by atoms with Crippen LogP contribution in [0, 0.1) is 11.8 Å². The first-order chi connectivity index (χ1) is 9.84. The fourth-order valence-electron chi connectivity index (χ4n) is 1.56. The summed E-state index contributed by atoms with van der Waals surface area (Å²) in [5.41, 5.74) is 0.987. The average Bonchev–Trinajstić information content (AvgIpc) is 2.42. The molecule has 21 heavy (non-hydrogen) atoms. The first-order valence-corrected chi connectivity index (χ1v) is 8.79. The molecular formula is C17H24ClNOS. The van der Waals surface area contributed by atoms with Gasteiger partial charge in [-0.2, -0.15) is 0 Å². The molecule has 0 aliphatic rings. The standard InChI is InChI=1S/C17H24ClNOS/c1-5-6-7-8-9-16(19-21(20)17(2,3)4)14-10-12-15(18)13-11-14/h10-13,16,19H,5-7H2,1-4H3/t16-,21+/m0/s1. The molecule has 0 saturated heterocycles. The van der Waals surface area contributed by atoms with E-state index in [1.165, 1.54) is 0 Å². The number of benzene rings is 1. The van der Waals surface area contributed by atoms with Crippen molar-refractivity contribution in [2.24, 2.45) is 0 Å². The fourth-order valence-corrected chi connectivity index (χ4v) is 2.45. The Labute approximate surface area is 136 Å². The molecule has 116 valence electrons. The molecule has 0 fully saturated rings. The molecule has 0 heterocycles. The molecule has 1 rings (SSSR count). The van der Waals surface area contributed by atoms with Crippen molar-refractivity contribution in [1.82, 2.24) is 4.72 Å². The lowest BCUT2D eigenvalue weighted by molar-refractivity contribution is 0.628. The van der Waals surface area contributed by atoms with Crippen LogP contribution in [-0.4, -0.2) is 8.96 Å². The normalized spacial score (nSPS) is 14.1. The van der Waals surface area contributed by atoms with E-state index in [0.29, 0.717) is 5.02 Å². The summed E-state index contributed by atoms with van der Waals surface area (Å²) in [6.45, 7) is 7.98. The predicted octanol–water partition coefficient (Wildman–Crippen LogP) is 4.63. The molecule has 0 spiro atoms. The van der Waals surface area contributed by atoms with E-state index < -0.39 is 11.0 Å². The predicted molar refractivity (Wildman–Crippen MR) is 92.5 cm³/mol. The van der Waals surface area contributed by atoms with Gasteiger partial charge in [0.1, 0.15) is 6.04 Å². The van der Waals surface area contributed by atoms with E-state index in [2.05, 4.69) is 23.5 Å². The Kier molecular flexibility index (Phi) is 7.45. The molecule has 0 amide bonds. The summed E-state index contributed by atoms with van der Waals surface area (Å²) in [6.07, 6.45) is 3.08. The van der Waals surface area contributed by atoms with E-state index in [1.807, 2.05) is 45.0 Å². The number of rotatable bonds is 5. The van der Waals surface area contributed by atoms with Crippen LogP contribution in [0.2, 0.25) is 5.02 Å². The molecule has 0 radical (unpaired) electrons. The van der Waals surface area contributed by atoms with Gasteiger partial charge < -0.3 is 0 Å². The van der Waals surface area contributed by atoms with Gasteiger partial charge in [-0.3, -0.25) is 0 Å². The second kappa shape index (κ2) is 8.58. The zero-order chi connectivity index (χ0) is 15.9. The molecule has 0 aliphatic carbocycles. The lowest BCUT2D eigenvalue weighted by Gasteiger charge is -2.21. The van der Waals surface area contributed by atoms with Gasteiger partial charge >= 0.3 is 0 Å². The van der Waals surface area contributed by atoms with E-state index in [1.54, 1.807) is 0 Å². The van der Waals surface area contributed by atoms with Crippen molar-refractivity contribution < 1.29 is 4.21 Å². The second-order valence-corrected chi connectivity index (χ2v) is 8.34. The maximum Gasteiger partial charge on any atom is 0.106 e. The van der Waals surface area contributed by atoms with Gasteiger partial charge in [-0.1, -0.05) is 43.0 Å². The van der Waals surface area contributed by atoms with Crippen LogP contribution < -0.4 is 4.72 Å². The Balaban J connectivity index is 2.91. The van der Waals surface area contributed by atoms with Gasteiger partial charge in [0, 0.05) is 11.4 Å². The molecule has 0 bridgehead atoms. The summed E-state index contributed by atoms with van der Waals surface area (Å²) < 4.78 is 15.1. The minimum Gasteiger partial charge on any atom is -0.242 e. The van der Waals surface area contributed by atoms with Gasteiger partial charge in [0.15, 0.2) is 0 Å². The molecule has 0 aromatic heterocycles. The third-order valence-corrected chi connectivity index (χ3v) is 4.70. The molecule has 4 heteroatoms. The quantitative estimate of drug-likeness (QED) is 0.621. The van der Waals surface area contributed by atoms with Crippen molar-refractivity contribution in [3.63, 3.8) is 0 Å². The number of hydrogen-bond donors (Lipinski definition) is 1. The lowest BCUT2D eigenvalue weighted by Crippen LogP contribution is -2.35. The highest BCUT2D eigenvalue weighted by Gasteiger charge is 2.22. The highest BCUT2D eigenvalue weighted by Crippen LogP contribution is 2.19. The van der Waals surface area contributed by atoms with Crippen molar-refractivity contribution in [1.29, 1.82) is 0 Å². The van der Waals surface area contributed by atoms with Crippen LogP contribution in [0.1, 0.15) is 58.6 Å². The van der Waals surface area contributed by atoms with Gasteiger partial charge in [-0.05, 0) is 44.9 Å². The third kappa shape index (κ3) is 6.65. The zero-order valence-corrected chi connectivity index (χ0v) is 14.8. The Hall–Kier alpha value is -0.820. The highest BCUT2D eigenvalue weighted by molar-refractivity contribution is 7.84. The monoisotopic (exact) mass is 325 g/mol. The van der Waals surface area contributed by atoms with Gasteiger partial charge in [-0.25, -0.2) is 8.93 Å². The first-order valence-electron chi connectivity index (χ1n) is 7.26. The molecule has 2 nitrogen and oxygen atoms in total.